The fourth-order valence-corrected chi connectivity index (χ4v) is 2.41. The first-order valence-electron chi connectivity index (χ1n) is 6.96. The Morgan fingerprint density at radius 3 is 2.55 bits per heavy atom. The van der Waals surface area contributed by atoms with E-state index in [1.807, 2.05) is 49.1 Å². The number of aliphatic hydroxyl groups excluding tert-OH is 1. The smallest absolute Gasteiger partial charge is 0.0917 e. The van der Waals surface area contributed by atoms with Gasteiger partial charge in [-0.1, -0.05) is 24.3 Å². The van der Waals surface area contributed by atoms with Crippen LogP contribution in [0.2, 0.25) is 0 Å². The monoisotopic (exact) mass is 273 g/mol. The molecule has 2 unspecified atom stereocenters. The molecule has 1 aromatic heterocycles. The zero-order valence-electron chi connectivity index (χ0n) is 12.6. The van der Waals surface area contributed by atoms with E-state index in [9.17, 15) is 5.11 Å². The van der Waals surface area contributed by atoms with Gasteiger partial charge in [-0.05, 0) is 31.9 Å². The largest absolute Gasteiger partial charge is 0.387 e. The van der Waals surface area contributed by atoms with Crippen LogP contribution in [0.5, 0.6) is 0 Å². The molecule has 0 bridgehead atoms. The van der Waals surface area contributed by atoms with Gasteiger partial charge in [0.25, 0.3) is 0 Å². The first kappa shape index (κ1) is 14.8. The van der Waals surface area contributed by atoms with Crippen molar-refractivity contribution >= 4 is 0 Å². The number of aliphatic hydroxyl groups is 1. The molecule has 0 radical (unpaired) electrons. The summed E-state index contributed by atoms with van der Waals surface area (Å²) in [7, 11) is 1.94. The lowest BCUT2D eigenvalue weighted by Crippen LogP contribution is -2.25. The molecule has 0 amide bonds. The molecule has 0 aliphatic carbocycles. The third-order valence-electron chi connectivity index (χ3n) is 3.90. The van der Waals surface area contributed by atoms with Crippen LogP contribution < -0.4 is 5.32 Å². The minimum atomic E-state index is -0.490. The predicted molar refractivity (Wildman–Crippen MR) is 80.5 cm³/mol. The van der Waals surface area contributed by atoms with E-state index in [2.05, 4.69) is 24.3 Å². The highest BCUT2D eigenvalue weighted by Gasteiger charge is 2.15. The lowest BCUT2D eigenvalue weighted by molar-refractivity contribution is 0.170. The van der Waals surface area contributed by atoms with Gasteiger partial charge in [-0.2, -0.15) is 5.10 Å². The predicted octanol–water partition coefficient (Wildman–Crippen LogP) is 2.42. The molecule has 1 heterocycles. The Morgan fingerprint density at radius 1 is 1.25 bits per heavy atom. The molecule has 4 heteroatoms. The molecule has 0 saturated carbocycles. The maximum absolute atomic E-state index is 10.3. The van der Waals surface area contributed by atoms with Gasteiger partial charge in [-0.15, -0.1) is 0 Å². The molecular formula is C16H23N3O. The standard InChI is InChI=1S/C16H23N3O/c1-11-7-5-6-8-14(11)16(20)10-17-12(2)15-9-18-19(4)13(15)3/h5-9,12,16-17,20H,10H2,1-4H3. The van der Waals surface area contributed by atoms with E-state index in [4.69, 9.17) is 0 Å². The molecule has 2 N–H and O–H groups in total. The normalized spacial score (nSPS) is 14.2. The van der Waals surface area contributed by atoms with Gasteiger partial charge >= 0.3 is 0 Å². The van der Waals surface area contributed by atoms with E-state index in [1.54, 1.807) is 0 Å². The number of hydrogen-bond donors (Lipinski definition) is 2. The van der Waals surface area contributed by atoms with Crippen molar-refractivity contribution in [3.8, 4) is 0 Å². The van der Waals surface area contributed by atoms with Crippen molar-refractivity contribution in [1.29, 1.82) is 0 Å². The Kier molecular flexibility index (Phi) is 4.57. The first-order chi connectivity index (χ1) is 9.50. The second-order valence-electron chi connectivity index (χ2n) is 5.31. The highest BCUT2D eigenvalue weighted by Crippen LogP contribution is 2.19. The van der Waals surface area contributed by atoms with E-state index < -0.39 is 6.10 Å². The summed E-state index contributed by atoms with van der Waals surface area (Å²) in [6, 6.07) is 8.11. The van der Waals surface area contributed by atoms with Gasteiger partial charge in [0, 0.05) is 30.9 Å². The third-order valence-corrected chi connectivity index (χ3v) is 3.90. The van der Waals surface area contributed by atoms with Crippen LogP contribution in [-0.2, 0) is 7.05 Å². The van der Waals surface area contributed by atoms with Crippen LogP contribution in [0.15, 0.2) is 30.5 Å². The van der Waals surface area contributed by atoms with Gasteiger partial charge in [-0.25, -0.2) is 0 Å². The zero-order valence-corrected chi connectivity index (χ0v) is 12.6. The number of hydrogen-bond acceptors (Lipinski definition) is 3. The molecule has 4 nitrogen and oxygen atoms in total. The van der Waals surface area contributed by atoms with Crippen molar-refractivity contribution < 1.29 is 5.11 Å². The molecule has 20 heavy (non-hydrogen) atoms. The zero-order chi connectivity index (χ0) is 14.7. The third kappa shape index (κ3) is 3.08. The SMILES string of the molecule is Cc1ccccc1C(O)CNC(C)c1cnn(C)c1C. The molecule has 0 spiro atoms. The van der Waals surface area contributed by atoms with Crippen LogP contribution in [0.4, 0.5) is 0 Å². The summed E-state index contributed by atoms with van der Waals surface area (Å²) in [4.78, 5) is 0. The summed E-state index contributed by atoms with van der Waals surface area (Å²) >= 11 is 0. The van der Waals surface area contributed by atoms with Crippen molar-refractivity contribution in [2.75, 3.05) is 6.54 Å². The van der Waals surface area contributed by atoms with Gasteiger partial charge in [0.05, 0.1) is 12.3 Å². The Balaban J connectivity index is 1.98. The van der Waals surface area contributed by atoms with Crippen molar-refractivity contribution in [2.45, 2.75) is 32.9 Å². The van der Waals surface area contributed by atoms with E-state index in [-0.39, 0.29) is 6.04 Å². The summed E-state index contributed by atoms with van der Waals surface area (Å²) < 4.78 is 1.87. The Hall–Kier alpha value is -1.65. The summed E-state index contributed by atoms with van der Waals surface area (Å²) in [5, 5.41) is 17.9. The van der Waals surface area contributed by atoms with Gasteiger partial charge in [0.15, 0.2) is 0 Å². The summed E-state index contributed by atoms with van der Waals surface area (Å²) in [6.45, 7) is 6.69. The molecule has 2 atom stereocenters. The quantitative estimate of drug-likeness (QED) is 0.879. The number of aryl methyl sites for hydroxylation is 2. The number of benzene rings is 1. The van der Waals surface area contributed by atoms with Gasteiger partial charge in [-0.3, -0.25) is 4.68 Å². The molecule has 108 valence electrons. The summed E-state index contributed by atoms with van der Waals surface area (Å²) in [6.07, 6.45) is 1.39. The minimum Gasteiger partial charge on any atom is -0.387 e. The van der Waals surface area contributed by atoms with E-state index in [0.717, 1.165) is 16.8 Å². The summed E-state index contributed by atoms with van der Waals surface area (Å²) in [5.74, 6) is 0. The number of rotatable bonds is 5. The molecule has 2 rings (SSSR count). The minimum absolute atomic E-state index is 0.169. The fourth-order valence-electron chi connectivity index (χ4n) is 2.41. The Bertz CT molecular complexity index is 577. The van der Waals surface area contributed by atoms with Crippen LogP contribution in [0.1, 0.15) is 41.5 Å². The van der Waals surface area contributed by atoms with Crippen LogP contribution in [0, 0.1) is 13.8 Å². The molecule has 2 aromatic rings. The van der Waals surface area contributed by atoms with E-state index in [1.165, 1.54) is 5.56 Å². The second kappa shape index (κ2) is 6.20. The average Bonchev–Trinajstić information content (AvgIpc) is 2.76. The van der Waals surface area contributed by atoms with Gasteiger partial charge < -0.3 is 10.4 Å². The number of nitrogens with one attached hydrogen (secondary N) is 1. The molecular weight excluding hydrogens is 250 g/mol. The highest BCUT2D eigenvalue weighted by atomic mass is 16.3. The van der Waals surface area contributed by atoms with E-state index >= 15 is 0 Å². The lowest BCUT2D eigenvalue weighted by atomic mass is 10.0. The van der Waals surface area contributed by atoms with Gasteiger partial charge in [0.2, 0.25) is 0 Å². The molecule has 0 saturated heterocycles. The molecule has 0 fully saturated rings. The van der Waals surface area contributed by atoms with Gasteiger partial charge in [0.1, 0.15) is 0 Å². The molecule has 0 aliphatic rings. The average molecular weight is 273 g/mol. The van der Waals surface area contributed by atoms with Crippen LogP contribution >= 0.6 is 0 Å². The Labute approximate surface area is 120 Å². The van der Waals surface area contributed by atoms with E-state index in [0.29, 0.717) is 6.54 Å². The number of nitrogens with zero attached hydrogens (tertiary/aromatic N) is 2. The first-order valence-corrected chi connectivity index (χ1v) is 6.96. The summed E-state index contributed by atoms with van der Waals surface area (Å²) in [5.41, 5.74) is 4.42. The Morgan fingerprint density at radius 2 is 1.95 bits per heavy atom. The number of aromatic nitrogens is 2. The lowest BCUT2D eigenvalue weighted by Gasteiger charge is -2.18. The van der Waals surface area contributed by atoms with Crippen LogP contribution in [0.3, 0.4) is 0 Å². The maximum Gasteiger partial charge on any atom is 0.0917 e. The van der Waals surface area contributed by atoms with Crippen molar-refractivity contribution in [3.05, 3.63) is 52.8 Å². The molecule has 1 aromatic carbocycles. The van der Waals surface area contributed by atoms with Crippen LogP contribution in [0.25, 0.3) is 0 Å². The van der Waals surface area contributed by atoms with Crippen molar-refractivity contribution in [1.82, 2.24) is 15.1 Å². The van der Waals surface area contributed by atoms with Crippen molar-refractivity contribution in [2.24, 2.45) is 7.05 Å². The topological polar surface area (TPSA) is 50.1 Å². The van der Waals surface area contributed by atoms with Crippen LogP contribution in [-0.4, -0.2) is 21.4 Å². The fraction of sp³-hybridized carbons (Fsp3) is 0.438. The highest BCUT2D eigenvalue weighted by molar-refractivity contribution is 5.28. The second-order valence-corrected chi connectivity index (χ2v) is 5.31. The maximum atomic E-state index is 10.3. The van der Waals surface area contributed by atoms with Crippen molar-refractivity contribution in [3.63, 3.8) is 0 Å². The molecule has 0 aliphatic heterocycles.